The summed E-state index contributed by atoms with van der Waals surface area (Å²) in [5.74, 6) is 0.861. The average Bonchev–Trinajstić information content (AvgIpc) is 2.64. The topological polar surface area (TPSA) is 74.3 Å². The maximum Gasteiger partial charge on any atom is 0.307 e. The molecule has 0 aliphatic heterocycles. The van der Waals surface area contributed by atoms with Crippen LogP contribution in [0, 0.1) is 0 Å². The van der Waals surface area contributed by atoms with Gasteiger partial charge in [0.2, 0.25) is 5.75 Å². The van der Waals surface area contributed by atoms with Gasteiger partial charge in [-0.25, -0.2) is 0 Å². The van der Waals surface area contributed by atoms with Gasteiger partial charge in [-0.15, -0.1) is 0 Å². The lowest BCUT2D eigenvalue weighted by atomic mass is 10.1. The monoisotopic (exact) mass is 367 g/mol. The smallest absolute Gasteiger partial charge is 0.307 e. The first-order valence-electron chi connectivity index (χ1n) is 8.94. The van der Waals surface area contributed by atoms with Crippen molar-refractivity contribution in [3.63, 3.8) is 0 Å². The maximum absolute atomic E-state index is 12.9. The largest absolute Gasteiger partial charge is 0.490 e. The summed E-state index contributed by atoms with van der Waals surface area (Å²) in [7, 11) is 1.33. The van der Waals surface area contributed by atoms with Crippen LogP contribution in [-0.2, 0) is 9.53 Å². The maximum atomic E-state index is 12.9. The van der Waals surface area contributed by atoms with E-state index in [1.54, 1.807) is 17.0 Å². The Morgan fingerprint density at radius 2 is 1.46 bits per heavy atom. The Bertz CT molecular complexity index is 575. The zero-order valence-corrected chi connectivity index (χ0v) is 16.3. The van der Waals surface area contributed by atoms with Crippen molar-refractivity contribution in [3.05, 3.63) is 17.7 Å². The molecular formula is C19H29NO6. The van der Waals surface area contributed by atoms with E-state index in [4.69, 9.17) is 14.2 Å². The molecule has 0 aromatic heterocycles. The highest BCUT2D eigenvalue weighted by atomic mass is 16.5. The second-order valence-electron chi connectivity index (χ2n) is 5.31. The molecule has 7 nitrogen and oxygen atoms in total. The molecule has 0 spiro atoms. The molecule has 0 saturated carbocycles. The summed E-state index contributed by atoms with van der Waals surface area (Å²) >= 11 is 0. The molecule has 0 fully saturated rings. The number of amides is 1. The highest BCUT2D eigenvalue weighted by Gasteiger charge is 2.21. The minimum absolute atomic E-state index is 0.143. The van der Waals surface area contributed by atoms with Crippen LogP contribution in [0.4, 0.5) is 0 Å². The molecule has 26 heavy (non-hydrogen) atoms. The van der Waals surface area contributed by atoms with Gasteiger partial charge in [0, 0.05) is 18.7 Å². The number of rotatable bonds is 11. The van der Waals surface area contributed by atoms with Crippen LogP contribution in [0.25, 0.3) is 0 Å². The molecule has 1 amide bonds. The summed E-state index contributed by atoms with van der Waals surface area (Å²) in [5.41, 5.74) is 0.423. The molecule has 0 saturated heterocycles. The first-order chi connectivity index (χ1) is 12.5. The SMILES string of the molecule is CCOc1cc(C(=O)N(CC)CCC(=O)OC)cc(OCC)c1OCC. The summed E-state index contributed by atoms with van der Waals surface area (Å²) in [6.07, 6.45) is 0.143. The third-order valence-electron chi connectivity index (χ3n) is 3.64. The van der Waals surface area contributed by atoms with Crippen molar-refractivity contribution in [2.24, 2.45) is 0 Å². The first-order valence-corrected chi connectivity index (χ1v) is 8.94. The van der Waals surface area contributed by atoms with Crippen molar-refractivity contribution in [3.8, 4) is 17.2 Å². The van der Waals surface area contributed by atoms with Gasteiger partial charge < -0.3 is 23.8 Å². The van der Waals surface area contributed by atoms with E-state index in [1.807, 2.05) is 27.7 Å². The predicted molar refractivity (Wildman–Crippen MR) is 98.2 cm³/mol. The Morgan fingerprint density at radius 3 is 1.88 bits per heavy atom. The molecule has 1 aromatic rings. The third-order valence-corrected chi connectivity index (χ3v) is 3.64. The van der Waals surface area contributed by atoms with E-state index >= 15 is 0 Å². The third kappa shape index (κ3) is 5.82. The highest BCUT2D eigenvalue weighted by molar-refractivity contribution is 5.95. The van der Waals surface area contributed by atoms with Crippen LogP contribution in [0.5, 0.6) is 17.2 Å². The Hall–Kier alpha value is -2.44. The number of nitrogens with zero attached hydrogens (tertiary/aromatic N) is 1. The fourth-order valence-electron chi connectivity index (χ4n) is 2.43. The van der Waals surface area contributed by atoms with E-state index in [9.17, 15) is 9.59 Å². The van der Waals surface area contributed by atoms with E-state index in [0.717, 1.165) is 0 Å². The lowest BCUT2D eigenvalue weighted by Gasteiger charge is -2.22. The minimum atomic E-state index is -0.354. The summed E-state index contributed by atoms with van der Waals surface area (Å²) in [5, 5.41) is 0. The summed E-state index contributed by atoms with van der Waals surface area (Å²) in [6.45, 7) is 9.52. The van der Waals surface area contributed by atoms with E-state index in [1.165, 1.54) is 7.11 Å². The van der Waals surface area contributed by atoms with Crippen molar-refractivity contribution in [2.45, 2.75) is 34.1 Å². The molecule has 146 valence electrons. The van der Waals surface area contributed by atoms with E-state index in [2.05, 4.69) is 4.74 Å². The molecule has 7 heteroatoms. The van der Waals surface area contributed by atoms with Crippen molar-refractivity contribution in [1.82, 2.24) is 4.90 Å². The second-order valence-corrected chi connectivity index (χ2v) is 5.31. The molecule has 0 N–H and O–H groups in total. The van der Waals surface area contributed by atoms with Crippen LogP contribution < -0.4 is 14.2 Å². The molecular weight excluding hydrogens is 338 g/mol. The van der Waals surface area contributed by atoms with Crippen molar-refractivity contribution >= 4 is 11.9 Å². The highest BCUT2D eigenvalue weighted by Crippen LogP contribution is 2.39. The van der Waals surface area contributed by atoms with Gasteiger partial charge in [-0.2, -0.15) is 0 Å². The second kappa shape index (κ2) is 11.2. The Labute approximate surface area is 155 Å². The zero-order chi connectivity index (χ0) is 19.5. The molecule has 1 aromatic carbocycles. The number of esters is 1. The molecule has 1 rings (SSSR count). The van der Waals surface area contributed by atoms with Crippen LogP contribution in [0.15, 0.2) is 12.1 Å². The van der Waals surface area contributed by atoms with Gasteiger partial charge in [0.1, 0.15) is 0 Å². The molecule has 0 unspecified atom stereocenters. The lowest BCUT2D eigenvalue weighted by molar-refractivity contribution is -0.140. The fraction of sp³-hybridized carbons (Fsp3) is 0.579. The van der Waals surface area contributed by atoms with Crippen molar-refractivity contribution in [1.29, 1.82) is 0 Å². The average molecular weight is 367 g/mol. The quantitative estimate of drug-likeness (QED) is 0.560. The van der Waals surface area contributed by atoms with Gasteiger partial charge in [-0.05, 0) is 39.8 Å². The molecule has 0 aliphatic rings. The number of ether oxygens (including phenoxy) is 4. The van der Waals surface area contributed by atoms with Gasteiger partial charge in [0.05, 0.1) is 33.4 Å². The fourth-order valence-corrected chi connectivity index (χ4v) is 2.43. The van der Waals surface area contributed by atoms with Crippen LogP contribution in [-0.4, -0.2) is 56.8 Å². The number of hydrogen-bond donors (Lipinski definition) is 0. The number of carbonyl (C=O) groups excluding carboxylic acids is 2. The minimum Gasteiger partial charge on any atom is -0.490 e. The standard InChI is InChI=1S/C19H29NO6/c1-6-20(11-10-17(21)23-5)19(22)14-12-15(24-7-2)18(26-9-4)16(13-14)25-8-3/h12-13H,6-11H2,1-5H3. The van der Waals surface area contributed by atoms with E-state index < -0.39 is 0 Å². The van der Waals surface area contributed by atoms with Crippen LogP contribution in [0.3, 0.4) is 0 Å². The molecule has 0 aliphatic carbocycles. The summed E-state index contributed by atoms with van der Waals surface area (Å²) < 4.78 is 21.6. The first kappa shape index (κ1) is 21.6. The van der Waals surface area contributed by atoms with Crippen molar-refractivity contribution in [2.75, 3.05) is 40.0 Å². The number of carbonyl (C=O) groups is 2. The Balaban J connectivity index is 3.19. The summed E-state index contributed by atoms with van der Waals surface area (Å²) in [6, 6.07) is 3.31. The van der Waals surface area contributed by atoms with Gasteiger partial charge in [0.25, 0.3) is 5.91 Å². The van der Waals surface area contributed by atoms with Gasteiger partial charge >= 0.3 is 5.97 Å². The molecule has 0 bridgehead atoms. The molecule has 0 radical (unpaired) electrons. The zero-order valence-electron chi connectivity index (χ0n) is 16.3. The van der Waals surface area contributed by atoms with Crippen LogP contribution in [0.1, 0.15) is 44.5 Å². The Kier molecular flexibility index (Phi) is 9.33. The number of methoxy groups -OCH3 is 1. The summed E-state index contributed by atoms with van der Waals surface area (Å²) in [4.78, 5) is 25.8. The van der Waals surface area contributed by atoms with E-state index in [0.29, 0.717) is 49.2 Å². The molecule has 0 heterocycles. The normalized spacial score (nSPS) is 10.2. The number of benzene rings is 1. The number of hydrogen-bond acceptors (Lipinski definition) is 6. The van der Waals surface area contributed by atoms with Gasteiger partial charge in [0.15, 0.2) is 11.5 Å². The van der Waals surface area contributed by atoms with Crippen molar-refractivity contribution < 1.29 is 28.5 Å². The van der Waals surface area contributed by atoms with Gasteiger partial charge in [-0.1, -0.05) is 0 Å². The predicted octanol–water partition coefficient (Wildman–Crippen LogP) is 2.91. The Morgan fingerprint density at radius 1 is 0.923 bits per heavy atom. The van der Waals surface area contributed by atoms with E-state index in [-0.39, 0.29) is 24.8 Å². The van der Waals surface area contributed by atoms with Crippen LogP contribution in [0.2, 0.25) is 0 Å². The van der Waals surface area contributed by atoms with Gasteiger partial charge in [-0.3, -0.25) is 9.59 Å². The lowest BCUT2D eigenvalue weighted by Crippen LogP contribution is -2.33. The van der Waals surface area contributed by atoms with Crippen LogP contribution >= 0.6 is 0 Å². The molecule has 0 atom stereocenters.